The van der Waals surface area contributed by atoms with E-state index >= 15 is 0 Å². The van der Waals surface area contributed by atoms with Crippen LogP contribution in [0.5, 0.6) is 0 Å². The Balaban J connectivity index is 1.92. The second kappa shape index (κ2) is 7.21. The molecule has 0 fully saturated rings. The Morgan fingerprint density at radius 2 is 2.15 bits per heavy atom. The Labute approximate surface area is 126 Å². The Morgan fingerprint density at radius 3 is 2.90 bits per heavy atom. The standard InChI is InChI=1S/C13H15ClN4OS/c1-2-7-15-13-18-17-12(20-13)11(19)16-8-9-5-3-4-6-10(9)14/h3-6H,2,7-8H2,1H3,(H,15,18)(H,16,19). The van der Waals surface area contributed by atoms with Crippen LogP contribution in [0.4, 0.5) is 5.13 Å². The smallest absolute Gasteiger partial charge is 0.282 e. The molecule has 1 amide bonds. The van der Waals surface area contributed by atoms with Gasteiger partial charge >= 0.3 is 0 Å². The lowest BCUT2D eigenvalue weighted by Gasteiger charge is -2.04. The van der Waals surface area contributed by atoms with Crippen LogP contribution < -0.4 is 10.6 Å². The van der Waals surface area contributed by atoms with E-state index in [1.165, 1.54) is 11.3 Å². The highest BCUT2D eigenvalue weighted by Gasteiger charge is 2.12. The van der Waals surface area contributed by atoms with Crippen LogP contribution in [0.1, 0.15) is 28.7 Å². The van der Waals surface area contributed by atoms with Crippen LogP contribution in [0, 0.1) is 0 Å². The lowest BCUT2D eigenvalue weighted by atomic mass is 10.2. The average Bonchev–Trinajstić information content (AvgIpc) is 2.93. The summed E-state index contributed by atoms with van der Waals surface area (Å²) < 4.78 is 0. The molecule has 0 spiro atoms. The number of benzene rings is 1. The van der Waals surface area contributed by atoms with Gasteiger partial charge in [-0.05, 0) is 18.1 Å². The minimum absolute atomic E-state index is 0.244. The Morgan fingerprint density at radius 1 is 1.35 bits per heavy atom. The van der Waals surface area contributed by atoms with Crippen molar-refractivity contribution in [1.29, 1.82) is 0 Å². The summed E-state index contributed by atoms with van der Waals surface area (Å²) in [6.07, 6.45) is 0.994. The first-order valence-corrected chi connectivity index (χ1v) is 7.49. The zero-order valence-electron chi connectivity index (χ0n) is 11.0. The molecule has 5 nitrogen and oxygen atoms in total. The molecule has 0 aliphatic heterocycles. The van der Waals surface area contributed by atoms with Gasteiger partial charge in [-0.2, -0.15) is 0 Å². The first-order valence-electron chi connectivity index (χ1n) is 6.29. The molecule has 0 aliphatic rings. The van der Waals surface area contributed by atoms with Crippen LogP contribution in [0.15, 0.2) is 24.3 Å². The summed E-state index contributed by atoms with van der Waals surface area (Å²) in [5, 5.41) is 15.3. The van der Waals surface area contributed by atoms with Gasteiger partial charge in [-0.25, -0.2) is 0 Å². The molecular formula is C13H15ClN4OS. The van der Waals surface area contributed by atoms with Crippen LogP contribution >= 0.6 is 22.9 Å². The molecule has 1 aromatic carbocycles. The summed E-state index contributed by atoms with van der Waals surface area (Å²) >= 11 is 7.27. The summed E-state index contributed by atoms with van der Waals surface area (Å²) in [7, 11) is 0. The van der Waals surface area contributed by atoms with Crippen LogP contribution in [0.2, 0.25) is 5.02 Å². The third kappa shape index (κ3) is 3.91. The number of aromatic nitrogens is 2. The zero-order valence-corrected chi connectivity index (χ0v) is 12.6. The molecule has 2 aromatic rings. The molecule has 20 heavy (non-hydrogen) atoms. The van der Waals surface area contributed by atoms with Crippen molar-refractivity contribution in [2.75, 3.05) is 11.9 Å². The Kier molecular flexibility index (Phi) is 5.31. The van der Waals surface area contributed by atoms with Crippen LogP contribution in [0.25, 0.3) is 0 Å². The van der Waals surface area contributed by atoms with Gasteiger partial charge in [0.1, 0.15) is 0 Å². The normalized spacial score (nSPS) is 10.3. The van der Waals surface area contributed by atoms with Crippen molar-refractivity contribution in [3.8, 4) is 0 Å². The second-order valence-corrected chi connectivity index (χ2v) is 5.50. The van der Waals surface area contributed by atoms with Crippen molar-refractivity contribution in [1.82, 2.24) is 15.5 Å². The van der Waals surface area contributed by atoms with Gasteiger partial charge in [0.25, 0.3) is 5.91 Å². The van der Waals surface area contributed by atoms with E-state index in [0.717, 1.165) is 18.5 Å². The number of hydrogen-bond acceptors (Lipinski definition) is 5. The van der Waals surface area contributed by atoms with Gasteiger partial charge in [-0.1, -0.05) is 48.1 Å². The van der Waals surface area contributed by atoms with Gasteiger partial charge in [-0.15, -0.1) is 10.2 Å². The largest absolute Gasteiger partial charge is 0.360 e. The number of nitrogens with one attached hydrogen (secondary N) is 2. The van der Waals surface area contributed by atoms with E-state index in [1.807, 2.05) is 18.2 Å². The van der Waals surface area contributed by atoms with E-state index in [4.69, 9.17) is 11.6 Å². The molecule has 1 heterocycles. The third-order valence-corrected chi connectivity index (χ3v) is 3.79. The molecule has 0 saturated heterocycles. The lowest BCUT2D eigenvalue weighted by molar-refractivity contribution is 0.0950. The minimum atomic E-state index is -0.244. The summed E-state index contributed by atoms with van der Waals surface area (Å²) in [6.45, 7) is 3.25. The van der Waals surface area contributed by atoms with Gasteiger partial charge in [0.15, 0.2) is 0 Å². The number of nitrogens with zero attached hydrogens (tertiary/aromatic N) is 2. The molecule has 2 N–H and O–H groups in total. The highest BCUT2D eigenvalue weighted by Crippen LogP contribution is 2.17. The predicted molar refractivity (Wildman–Crippen MR) is 81.3 cm³/mol. The van der Waals surface area contributed by atoms with Gasteiger partial charge in [-0.3, -0.25) is 4.79 Å². The number of hydrogen-bond donors (Lipinski definition) is 2. The summed E-state index contributed by atoms with van der Waals surface area (Å²) in [5.41, 5.74) is 0.872. The fourth-order valence-corrected chi connectivity index (χ4v) is 2.40. The maximum Gasteiger partial charge on any atom is 0.282 e. The number of anilines is 1. The van der Waals surface area contributed by atoms with Crippen molar-refractivity contribution in [3.05, 3.63) is 39.9 Å². The average molecular weight is 311 g/mol. The molecular weight excluding hydrogens is 296 g/mol. The maximum atomic E-state index is 11.9. The number of carbonyl (C=O) groups excluding carboxylic acids is 1. The van der Waals surface area contributed by atoms with Crippen LogP contribution in [-0.4, -0.2) is 22.6 Å². The third-order valence-electron chi connectivity index (χ3n) is 2.54. The van der Waals surface area contributed by atoms with Crippen LogP contribution in [0.3, 0.4) is 0 Å². The summed E-state index contributed by atoms with van der Waals surface area (Å²) in [4.78, 5) is 11.9. The lowest BCUT2D eigenvalue weighted by Crippen LogP contribution is -2.22. The van der Waals surface area contributed by atoms with Crippen molar-refractivity contribution in [3.63, 3.8) is 0 Å². The molecule has 7 heteroatoms. The van der Waals surface area contributed by atoms with Gasteiger partial charge in [0.05, 0.1) is 0 Å². The van der Waals surface area contributed by atoms with E-state index in [9.17, 15) is 4.79 Å². The van der Waals surface area contributed by atoms with E-state index in [1.54, 1.807) is 6.07 Å². The van der Waals surface area contributed by atoms with E-state index in [-0.39, 0.29) is 5.91 Å². The van der Waals surface area contributed by atoms with Crippen LogP contribution in [-0.2, 0) is 6.54 Å². The highest BCUT2D eigenvalue weighted by molar-refractivity contribution is 7.17. The summed E-state index contributed by atoms with van der Waals surface area (Å²) in [6, 6.07) is 7.40. The van der Waals surface area contributed by atoms with E-state index in [0.29, 0.717) is 21.7 Å². The molecule has 2 rings (SSSR count). The maximum absolute atomic E-state index is 11.9. The fraction of sp³-hybridized carbons (Fsp3) is 0.308. The molecule has 0 saturated carbocycles. The topological polar surface area (TPSA) is 66.9 Å². The first kappa shape index (κ1) is 14.7. The van der Waals surface area contributed by atoms with Crippen molar-refractivity contribution in [2.24, 2.45) is 0 Å². The number of carbonyl (C=O) groups is 1. The van der Waals surface area contributed by atoms with Gasteiger partial charge < -0.3 is 10.6 Å². The molecule has 1 aromatic heterocycles. The molecule has 0 unspecified atom stereocenters. The molecule has 0 atom stereocenters. The van der Waals surface area contributed by atoms with E-state index in [2.05, 4.69) is 27.8 Å². The number of amides is 1. The van der Waals surface area contributed by atoms with Crippen molar-refractivity contribution in [2.45, 2.75) is 19.9 Å². The van der Waals surface area contributed by atoms with Gasteiger partial charge in [0.2, 0.25) is 10.1 Å². The summed E-state index contributed by atoms with van der Waals surface area (Å²) in [5.74, 6) is -0.244. The number of halogens is 1. The molecule has 0 radical (unpaired) electrons. The number of rotatable bonds is 6. The quantitative estimate of drug-likeness (QED) is 0.861. The second-order valence-electron chi connectivity index (χ2n) is 4.11. The minimum Gasteiger partial charge on any atom is -0.360 e. The molecule has 106 valence electrons. The fourth-order valence-electron chi connectivity index (χ4n) is 1.51. The molecule has 0 bridgehead atoms. The Bertz CT molecular complexity index is 587. The Hall–Kier alpha value is -1.66. The monoisotopic (exact) mass is 310 g/mol. The first-order chi connectivity index (χ1) is 9.70. The SMILES string of the molecule is CCCNc1nnc(C(=O)NCc2ccccc2Cl)s1. The van der Waals surface area contributed by atoms with Crippen molar-refractivity contribution >= 4 is 34.0 Å². The zero-order chi connectivity index (χ0) is 14.4. The van der Waals surface area contributed by atoms with Crippen molar-refractivity contribution < 1.29 is 4.79 Å². The highest BCUT2D eigenvalue weighted by atomic mass is 35.5. The van der Waals surface area contributed by atoms with Gasteiger partial charge in [0, 0.05) is 18.1 Å². The predicted octanol–water partition coefficient (Wildman–Crippen LogP) is 2.94. The van der Waals surface area contributed by atoms with E-state index < -0.39 is 0 Å². The molecule has 0 aliphatic carbocycles.